The summed E-state index contributed by atoms with van der Waals surface area (Å²) in [6.07, 6.45) is 0. The summed E-state index contributed by atoms with van der Waals surface area (Å²) in [7, 11) is 2.05. The van der Waals surface area contributed by atoms with E-state index < -0.39 is 17.9 Å². The van der Waals surface area contributed by atoms with Gasteiger partial charge < -0.3 is 19.6 Å². The first kappa shape index (κ1) is 16.0. The van der Waals surface area contributed by atoms with Crippen molar-refractivity contribution in [2.24, 2.45) is 5.92 Å². The van der Waals surface area contributed by atoms with Crippen LogP contribution < -0.4 is 5.43 Å². The maximum Gasteiger partial charge on any atom is 0.332 e. The molecule has 2 rings (SSSR count). The summed E-state index contributed by atoms with van der Waals surface area (Å²) < 4.78 is 5.25. The Morgan fingerprint density at radius 3 is 2.52 bits per heavy atom. The zero-order valence-electron chi connectivity index (χ0n) is 12.6. The van der Waals surface area contributed by atoms with Crippen LogP contribution in [0, 0.1) is 5.92 Å². The molecule has 2 saturated heterocycles. The van der Waals surface area contributed by atoms with E-state index in [1.165, 1.54) is 0 Å². The molecule has 0 spiro atoms. The smallest absolute Gasteiger partial charge is 0.332 e. The Morgan fingerprint density at radius 2 is 1.95 bits per heavy atom. The normalized spacial score (nSPS) is 27.5. The molecule has 120 valence electrons. The Morgan fingerprint density at radius 1 is 1.29 bits per heavy atom. The lowest BCUT2D eigenvalue weighted by Gasteiger charge is -2.36. The van der Waals surface area contributed by atoms with Crippen molar-refractivity contribution in [1.82, 2.24) is 20.2 Å². The summed E-state index contributed by atoms with van der Waals surface area (Å²) in [5.74, 6) is -1.56. The van der Waals surface area contributed by atoms with Crippen molar-refractivity contribution >= 4 is 12.0 Å². The molecule has 2 amide bonds. The molecule has 21 heavy (non-hydrogen) atoms. The molecule has 0 aromatic carbocycles. The molecule has 2 aliphatic rings. The fraction of sp³-hybridized carbons (Fsp3) is 0.846. The van der Waals surface area contributed by atoms with Gasteiger partial charge in [0.2, 0.25) is 0 Å². The molecule has 2 heterocycles. The minimum Gasteiger partial charge on any atom is -0.481 e. The summed E-state index contributed by atoms with van der Waals surface area (Å²) in [6, 6.07) is -0.649. The molecule has 8 heteroatoms. The molecular formula is C13H24N4O4. The van der Waals surface area contributed by atoms with Gasteiger partial charge in [0.15, 0.2) is 0 Å². The third kappa shape index (κ3) is 3.84. The van der Waals surface area contributed by atoms with Gasteiger partial charge in [0, 0.05) is 32.7 Å². The van der Waals surface area contributed by atoms with Crippen LogP contribution in [0.25, 0.3) is 0 Å². The van der Waals surface area contributed by atoms with Crippen molar-refractivity contribution in [2.45, 2.75) is 13.0 Å². The predicted octanol–water partition coefficient (Wildman–Crippen LogP) is -0.720. The van der Waals surface area contributed by atoms with Crippen LogP contribution in [-0.2, 0) is 9.53 Å². The second-order valence-electron chi connectivity index (χ2n) is 5.54. The monoisotopic (exact) mass is 300 g/mol. The third-order valence-electron chi connectivity index (χ3n) is 4.13. The van der Waals surface area contributed by atoms with Crippen LogP contribution in [0.3, 0.4) is 0 Å². The van der Waals surface area contributed by atoms with Crippen molar-refractivity contribution in [3.05, 3.63) is 0 Å². The van der Waals surface area contributed by atoms with E-state index in [2.05, 4.69) is 10.3 Å². The van der Waals surface area contributed by atoms with Gasteiger partial charge in [-0.25, -0.2) is 9.80 Å². The van der Waals surface area contributed by atoms with Crippen LogP contribution in [0.1, 0.15) is 6.92 Å². The number of piperazine rings is 1. The summed E-state index contributed by atoms with van der Waals surface area (Å²) in [6.45, 7) is 6.08. The van der Waals surface area contributed by atoms with Crippen molar-refractivity contribution in [3.63, 3.8) is 0 Å². The quantitative estimate of drug-likeness (QED) is 0.713. The van der Waals surface area contributed by atoms with Gasteiger partial charge in [-0.1, -0.05) is 0 Å². The van der Waals surface area contributed by atoms with Crippen LogP contribution in [0.2, 0.25) is 0 Å². The molecular weight excluding hydrogens is 276 g/mol. The molecule has 0 bridgehead atoms. The number of nitrogens with one attached hydrogen (secondary N) is 1. The lowest BCUT2D eigenvalue weighted by atomic mass is 10.0. The number of carboxylic acids is 1. The Balaban J connectivity index is 1.93. The summed E-state index contributed by atoms with van der Waals surface area (Å²) in [5, 5.41) is 11.1. The van der Waals surface area contributed by atoms with Gasteiger partial charge in [0.25, 0.3) is 0 Å². The minimum atomic E-state index is -0.914. The molecule has 2 unspecified atom stereocenters. The van der Waals surface area contributed by atoms with Gasteiger partial charge in [-0.2, -0.15) is 0 Å². The van der Waals surface area contributed by atoms with Gasteiger partial charge in [-0.05, 0) is 14.0 Å². The summed E-state index contributed by atoms with van der Waals surface area (Å²) in [4.78, 5) is 27.4. The molecule has 0 aliphatic carbocycles. The van der Waals surface area contributed by atoms with Gasteiger partial charge in [-0.3, -0.25) is 10.2 Å². The zero-order valence-corrected chi connectivity index (χ0v) is 12.6. The molecule has 2 aliphatic heterocycles. The molecule has 0 aromatic rings. The third-order valence-corrected chi connectivity index (χ3v) is 4.13. The predicted molar refractivity (Wildman–Crippen MR) is 75.7 cm³/mol. The lowest BCUT2D eigenvalue weighted by Crippen LogP contribution is -2.58. The summed E-state index contributed by atoms with van der Waals surface area (Å²) in [5.41, 5.74) is 2.87. The molecule has 2 fully saturated rings. The number of carboxylic acid groups (broad SMARTS) is 1. The molecule has 2 N–H and O–H groups in total. The maximum absolute atomic E-state index is 12.4. The molecule has 0 radical (unpaired) electrons. The molecule has 0 aromatic heterocycles. The van der Waals surface area contributed by atoms with E-state index in [4.69, 9.17) is 4.74 Å². The number of hydrogen-bond donors (Lipinski definition) is 2. The first-order valence-corrected chi connectivity index (χ1v) is 7.34. The van der Waals surface area contributed by atoms with Crippen LogP contribution in [-0.4, -0.2) is 90.9 Å². The number of carbonyl (C=O) groups excluding carboxylic acids is 1. The lowest BCUT2D eigenvalue weighted by molar-refractivity contribution is -0.142. The highest BCUT2D eigenvalue weighted by molar-refractivity contribution is 5.77. The number of aliphatic carboxylic acids is 1. The average molecular weight is 300 g/mol. The number of likely N-dealkylation sites (N-methyl/N-ethyl adjacent to an activating group) is 2. The van der Waals surface area contributed by atoms with Crippen LogP contribution in [0.5, 0.6) is 0 Å². The van der Waals surface area contributed by atoms with Crippen molar-refractivity contribution in [2.75, 3.05) is 53.0 Å². The second-order valence-corrected chi connectivity index (χ2v) is 5.54. The van der Waals surface area contributed by atoms with Gasteiger partial charge in [0.1, 0.15) is 5.92 Å². The first-order valence-electron chi connectivity index (χ1n) is 7.34. The number of amides is 2. The highest BCUT2D eigenvalue weighted by atomic mass is 16.5. The van der Waals surface area contributed by atoms with E-state index in [-0.39, 0.29) is 19.2 Å². The number of ether oxygens (including phenoxy) is 1. The van der Waals surface area contributed by atoms with Crippen molar-refractivity contribution < 1.29 is 19.4 Å². The number of urea groups is 1. The standard InChI is InChI=1S/C13H24N4O4/c1-3-17(11-9-21-8-10(11)12(18)19)13(20)14-16-6-4-15(2)5-7-16/h10-11H,3-9H2,1-2H3,(H,14,20)(H,18,19). The Bertz CT molecular complexity index is 384. The van der Waals surface area contributed by atoms with Crippen LogP contribution in [0.15, 0.2) is 0 Å². The Kier molecular flexibility index (Phi) is 5.38. The largest absolute Gasteiger partial charge is 0.481 e. The van der Waals surface area contributed by atoms with E-state index in [1.807, 2.05) is 19.0 Å². The van der Waals surface area contributed by atoms with E-state index in [9.17, 15) is 14.7 Å². The number of hydrogen-bond acceptors (Lipinski definition) is 5. The van der Waals surface area contributed by atoms with Crippen LogP contribution >= 0.6 is 0 Å². The summed E-state index contributed by atoms with van der Waals surface area (Å²) >= 11 is 0. The van der Waals surface area contributed by atoms with E-state index in [1.54, 1.807) is 4.90 Å². The van der Waals surface area contributed by atoms with E-state index in [0.29, 0.717) is 6.54 Å². The Hall–Kier alpha value is -1.38. The molecule has 2 atom stereocenters. The zero-order chi connectivity index (χ0) is 15.4. The van der Waals surface area contributed by atoms with Gasteiger partial charge >= 0.3 is 12.0 Å². The maximum atomic E-state index is 12.4. The SMILES string of the molecule is CCN(C(=O)NN1CCN(C)CC1)C1COCC1C(=O)O. The fourth-order valence-corrected chi connectivity index (χ4v) is 2.73. The van der Waals surface area contributed by atoms with E-state index >= 15 is 0 Å². The average Bonchev–Trinajstić information content (AvgIpc) is 2.91. The number of nitrogens with zero attached hydrogens (tertiary/aromatic N) is 3. The highest BCUT2D eigenvalue weighted by Crippen LogP contribution is 2.20. The Labute approximate surface area is 124 Å². The second kappa shape index (κ2) is 7.06. The number of hydrazine groups is 1. The number of rotatable bonds is 4. The first-order chi connectivity index (χ1) is 10.0. The van der Waals surface area contributed by atoms with Crippen molar-refractivity contribution in [1.29, 1.82) is 0 Å². The minimum absolute atomic E-state index is 0.165. The van der Waals surface area contributed by atoms with E-state index in [0.717, 1.165) is 26.2 Å². The topological polar surface area (TPSA) is 85.4 Å². The van der Waals surface area contributed by atoms with Crippen molar-refractivity contribution in [3.8, 4) is 0 Å². The fourth-order valence-electron chi connectivity index (χ4n) is 2.73. The highest BCUT2D eigenvalue weighted by Gasteiger charge is 2.39. The number of carbonyl (C=O) groups is 2. The molecule has 8 nitrogen and oxygen atoms in total. The molecule has 0 saturated carbocycles. The van der Waals surface area contributed by atoms with Gasteiger partial charge in [-0.15, -0.1) is 0 Å². The van der Waals surface area contributed by atoms with Gasteiger partial charge in [0.05, 0.1) is 19.3 Å². The van der Waals surface area contributed by atoms with Crippen LogP contribution in [0.4, 0.5) is 4.79 Å².